The topological polar surface area (TPSA) is 93.3 Å². The van der Waals surface area contributed by atoms with Crippen LogP contribution in [0.3, 0.4) is 0 Å². The summed E-state index contributed by atoms with van der Waals surface area (Å²) in [4.78, 5) is 24.9. The third-order valence-electron chi connectivity index (χ3n) is 5.58. The molecule has 6 nitrogen and oxygen atoms in total. The van der Waals surface area contributed by atoms with E-state index in [0.29, 0.717) is 18.0 Å². The van der Waals surface area contributed by atoms with E-state index in [-0.39, 0.29) is 0 Å². The van der Waals surface area contributed by atoms with Crippen molar-refractivity contribution >= 4 is 34.5 Å². The molecule has 31 heavy (non-hydrogen) atoms. The van der Waals surface area contributed by atoms with Gasteiger partial charge in [-0.3, -0.25) is 19.8 Å². The summed E-state index contributed by atoms with van der Waals surface area (Å²) in [5.41, 5.74) is 13.9. The Morgan fingerprint density at radius 3 is 2.65 bits per heavy atom. The van der Waals surface area contributed by atoms with Crippen molar-refractivity contribution in [1.82, 2.24) is 9.97 Å². The number of nitrogens with one attached hydrogen (secondary N) is 1. The molecular formula is C25H21N5O. The van der Waals surface area contributed by atoms with E-state index in [9.17, 15) is 4.79 Å². The van der Waals surface area contributed by atoms with Gasteiger partial charge < -0.3 is 11.1 Å². The van der Waals surface area contributed by atoms with Crippen molar-refractivity contribution in [2.45, 2.75) is 19.4 Å². The highest BCUT2D eigenvalue weighted by Gasteiger charge is 2.17. The Morgan fingerprint density at radius 2 is 1.84 bits per heavy atom. The molecule has 0 radical (unpaired) electrons. The second kappa shape index (κ2) is 7.65. The van der Waals surface area contributed by atoms with Crippen molar-refractivity contribution in [3.8, 4) is 11.1 Å². The maximum absolute atomic E-state index is 11.3. The first-order valence-corrected chi connectivity index (χ1v) is 10.1. The average Bonchev–Trinajstić information content (AvgIpc) is 3.17. The van der Waals surface area contributed by atoms with Gasteiger partial charge in [-0.15, -0.1) is 0 Å². The number of anilines is 1. The molecule has 6 heteroatoms. The molecule has 2 heterocycles. The van der Waals surface area contributed by atoms with Gasteiger partial charge in [-0.05, 0) is 53.1 Å². The van der Waals surface area contributed by atoms with Gasteiger partial charge in [0.05, 0.1) is 16.7 Å². The molecule has 0 saturated carbocycles. The minimum Gasteiger partial charge on any atom is -0.381 e. The van der Waals surface area contributed by atoms with E-state index in [1.54, 1.807) is 24.5 Å². The summed E-state index contributed by atoms with van der Waals surface area (Å²) in [6.07, 6.45) is 5.41. The number of primary amides is 1. The molecule has 0 saturated heterocycles. The number of aromatic nitrogens is 2. The third-order valence-corrected chi connectivity index (χ3v) is 5.58. The van der Waals surface area contributed by atoms with Crippen LogP contribution in [0.1, 0.15) is 34.3 Å². The summed E-state index contributed by atoms with van der Waals surface area (Å²) in [6.45, 7) is 2.76. The molecule has 0 aliphatic carbocycles. The Kier molecular flexibility index (Phi) is 4.67. The smallest absolute Gasteiger partial charge is 0.248 e. The number of nitrogens with zero attached hydrogens (tertiary/aromatic N) is 3. The number of amides is 1. The molecule has 1 aromatic heterocycles. The molecule has 3 aromatic carbocycles. The molecular weight excluding hydrogens is 386 g/mol. The molecule has 0 fully saturated rings. The van der Waals surface area contributed by atoms with Crippen LogP contribution >= 0.6 is 0 Å². The lowest BCUT2D eigenvalue weighted by Crippen LogP contribution is -2.10. The zero-order chi connectivity index (χ0) is 21.4. The van der Waals surface area contributed by atoms with Crippen LogP contribution in [0, 0.1) is 0 Å². The first-order valence-electron chi connectivity index (χ1n) is 10.1. The summed E-state index contributed by atoms with van der Waals surface area (Å²) >= 11 is 0. The Labute approximate surface area is 179 Å². The van der Waals surface area contributed by atoms with Gasteiger partial charge in [0.2, 0.25) is 5.91 Å². The van der Waals surface area contributed by atoms with E-state index in [1.807, 2.05) is 24.4 Å². The first-order chi connectivity index (χ1) is 15.1. The number of carbonyl (C=O) groups is 1. The van der Waals surface area contributed by atoms with Crippen molar-refractivity contribution in [3.63, 3.8) is 0 Å². The van der Waals surface area contributed by atoms with E-state index in [4.69, 9.17) is 5.73 Å². The number of fused-ring (bicyclic) bond motifs is 2. The Morgan fingerprint density at radius 1 is 1.03 bits per heavy atom. The van der Waals surface area contributed by atoms with Crippen LogP contribution in [-0.4, -0.2) is 22.1 Å². The molecule has 152 valence electrons. The van der Waals surface area contributed by atoms with E-state index in [1.165, 1.54) is 5.56 Å². The molecule has 1 aliphatic rings. The highest BCUT2D eigenvalue weighted by atomic mass is 16.1. The fourth-order valence-corrected chi connectivity index (χ4v) is 3.86. The van der Waals surface area contributed by atoms with Gasteiger partial charge in [0, 0.05) is 47.9 Å². The van der Waals surface area contributed by atoms with Crippen LogP contribution < -0.4 is 11.1 Å². The van der Waals surface area contributed by atoms with Crippen LogP contribution in [0.2, 0.25) is 0 Å². The molecule has 1 amide bonds. The van der Waals surface area contributed by atoms with Gasteiger partial charge >= 0.3 is 0 Å². The van der Waals surface area contributed by atoms with Gasteiger partial charge in [0.25, 0.3) is 0 Å². The van der Waals surface area contributed by atoms with Crippen molar-refractivity contribution in [3.05, 3.63) is 83.7 Å². The largest absolute Gasteiger partial charge is 0.381 e. The van der Waals surface area contributed by atoms with E-state index in [2.05, 4.69) is 51.5 Å². The minimum atomic E-state index is -0.425. The highest BCUT2D eigenvalue weighted by molar-refractivity contribution is 5.95. The second-order valence-corrected chi connectivity index (χ2v) is 7.70. The standard InChI is InChI=1S/C25H21N5O/c1-15-13-30-22-7-6-18(10-20(15)22)21-11-19(12-23-24(21)28-9-8-27-23)29-14-16-2-4-17(5-3-16)25(26)31/h2-13,15,29H,14H2,1H3,(H2,26,31). The third kappa shape index (κ3) is 3.64. The van der Waals surface area contributed by atoms with Crippen LogP contribution in [0.15, 0.2) is 72.0 Å². The quantitative estimate of drug-likeness (QED) is 0.496. The Hall–Kier alpha value is -4.06. The molecule has 1 unspecified atom stereocenters. The van der Waals surface area contributed by atoms with Crippen LogP contribution in [-0.2, 0) is 6.54 Å². The molecule has 0 spiro atoms. The van der Waals surface area contributed by atoms with E-state index < -0.39 is 5.91 Å². The monoisotopic (exact) mass is 407 g/mol. The molecule has 5 rings (SSSR count). The lowest BCUT2D eigenvalue weighted by molar-refractivity contribution is 0.100. The van der Waals surface area contributed by atoms with E-state index >= 15 is 0 Å². The van der Waals surface area contributed by atoms with E-state index in [0.717, 1.165) is 39.1 Å². The molecule has 3 N–H and O–H groups in total. The number of nitrogens with two attached hydrogens (primary N) is 1. The van der Waals surface area contributed by atoms with Gasteiger partial charge in [-0.2, -0.15) is 0 Å². The van der Waals surface area contributed by atoms with Crippen LogP contribution in [0.5, 0.6) is 0 Å². The predicted molar refractivity (Wildman–Crippen MR) is 124 cm³/mol. The van der Waals surface area contributed by atoms with Gasteiger partial charge in [0.1, 0.15) is 0 Å². The summed E-state index contributed by atoms with van der Waals surface area (Å²) < 4.78 is 0. The van der Waals surface area contributed by atoms with Crippen molar-refractivity contribution in [2.24, 2.45) is 10.7 Å². The SMILES string of the molecule is CC1C=Nc2ccc(-c3cc(NCc4ccc(C(N)=O)cc4)cc4nccnc34)cc21. The maximum atomic E-state index is 11.3. The zero-order valence-corrected chi connectivity index (χ0v) is 17.0. The Bertz CT molecular complexity index is 1330. The van der Waals surface area contributed by atoms with Gasteiger partial charge in [-0.1, -0.05) is 25.1 Å². The Balaban J connectivity index is 1.49. The van der Waals surface area contributed by atoms with Crippen LogP contribution in [0.25, 0.3) is 22.2 Å². The lowest BCUT2D eigenvalue weighted by atomic mass is 9.96. The van der Waals surface area contributed by atoms with Crippen molar-refractivity contribution < 1.29 is 4.79 Å². The molecule has 1 atom stereocenters. The zero-order valence-electron chi connectivity index (χ0n) is 17.0. The predicted octanol–water partition coefficient (Wildman–Crippen LogP) is 4.83. The normalized spacial score (nSPS) is 14.5. The molecule has 0 bridgehead atoms. The van der Waals surface area contributed by atoms with Crippen LogP contribution in [0.4, 0.5) is 11.4 Å². The molecule has 4 aromatic rings. The lowest BCUT2D eigenvalue weighted by Gasteiger charge is -2.13. The number of benzene rings is 3. The van der Waals surface area contributed by atoms with Gasteiger partial charge in [0.15, 0.2) is 0 Å². The number of aliphatic imine (C=N–C) groups is 1. The summed E-state index contributed by atoms with van der Waals surface area (Å²) in [7, 11) is 0. The average molecular weight is 407 g/mol. The fourth-order valence-electron chi connectivity index (χ4n) is 3.86. The summed E-state index contributed by atoms with van der Waals surface area (Å²) in [5.74, 6) is -0.122. The minimum absolute atomic E-state index is 0.303. The first kappa shape index (κ1) is 18.9. The number of rotatable bonds is 5. The summed E-state index contributed by atoms with van der Waals surface area (Å²) in [5, 5.41) is 3.46. The number of hydrogen-bond donors (Lipinski definition) is 2. The highest BCUT2D eigenvalue weighted by Crippen LogP contribution is 2.37. The second-order valence-electron chi connectivity index (χ2n) is 7.70. The van der Waals surface area contributed by atoms with Gasteiger partial charge in [-0.25, -0.2) is 0 Å². The summed E-state index contributed by atoms with van der Waals surface area (Å²) in [6, 6.07) is 17.7. The molecule has 1 aliphatic heterocycles. The number of hydrogen-bond acceptors (Lipinski definition) is 5. The van der Waals surface area contributed by atoms with Crippen molar-refractivity contribution in [2.75, 3.05) is 5.32 Å². The fraction of sp³-hybridized carbons (Fsp3) is 0.120. The van der Waals surface area contributed by atoms with Crippen molar-refractivity contribution in [1.29, 1.82) is 0 Å². The number of carbonyl (C=O) groups excluding carboxylic acids is 1. The maximum Gasteiger partial charge on any atom is 0.248 e.